The summed E-state index contributed by atoms with van der Waals surface area (Å²) in [6, 6.07) is 8.55. The monoisotopic (exact) mass is 351 g/mol. The van der Waals surface area contributed by atoms with Crippen molar-refractivity contribution in [2.45, 2.75) is 51.4 Å². The Hall–Kier alpha value is -2.12. The van der Waals surface area contributed by atoms with Crippen molar-refractivity contribution in [2.24, 2.45) is 0 Å². The van der Waals surface area contributed by atoms with Gasteiger partial charge in [-0.15, -0.1) is 0 Å². The number of ether oxygens (including phenoxy) is 2. The Bertz CT molecular complexity index is 603. The molecule has 0 aromatic heterocycles. The van der Waals surface area contributed by atoms with Crippen molar-refractivity contribution < 1.29 is 28.8 Å². The quantitative estimate of drug-likeness (QED) is 0.600. The van der Waals surface area contributed by atoms with Crippen molar-refractivity contribution in [1.82, 2.24) is 5.32 Å². The zero-order valence-electron chi connectivity index (χ0n) is 15.0. The number of carbonyl (C=O) groups is 2. The van der Waals surface area contributed by atoms with E-state index >= 15 is 0 Å². The largest absolute Gasteiger partial charge is 0.464 e. The molecule has 2 atom stereocenters. The molecule has 7 heteroatoms. The molecule has 7 nitrogen and oxygen atoms in total. The summed E-state index contributed by atoms with van der Waals surface area (Å²) < 4.78 is 10.3. The molecule has 0 saturated carbocycles. The first-order chi connectivity index (χ1) is 11.8. The first-order valence-electron chi connectivity index (χ1n) is 8.28. The van der Waals surface area contributed by atoms with Crippen molar-refractivity contribution in [3.05, 3.63) is 35.9 Å². The molecule has 138 valence electrons. The van der Waals surface area contributed by atoms with E-state index in [9.17, 15) is 9.59 Å². The molecule has 1 amide bonds. The van der Waals surface area contributed by atoms with E-state index in [1.807, 2.05) is 44.2 Å². The van der Waals surface area contributed by atoms with E-state index in [1.165, 1.54) is 0 Å². The summed E-state index contributed by atoms with van der Waals surface area (Å²) >= 11 is 0. The van der Waals surface area contributed by atoms with Gasteiger partial charge in [0.25, 0.3) is 0 Å². The Kier molecular flexibility index (Phi) is 6.02. The summed E-state index contributed by atoms with van der Waals surface area (Å²) in [5.41, 5.74) is -0.384. The Labute approximate surface area is 147 Å². The van der Waals surface area contributed by atoms with E-state index in [1.54, 1.807) is 13.8 Å². The van der Waals surface area contributed by atoms with Gasteiger partial charge in [0, 0.05) is 6.42 Å². The van der Waals surface area contributed by atoms with Gasteiger partial charge in [-0.1, -0.05) is 30.3 Å². The minimum absolute atomic E-state index is 0.00666. The molecule has 1 saturated heterocycles. The van der Waals surface area contributed by atoms with Crippen molar-refractivity contribution in [2.75, 3.05) is 13.2 Å². The van der Waals surface area contributed by atoms with Crippen LogP contribution in [0.2, 0.25) is 0 Å². The van der Waals surface area contributed by atoms with Crippen LogP contribution in [-0.4, -0.2) is 42.5 Å². The SMILES string of the molecule is CCOC(=O)[C@H](Cc1ccccc1)NC(=O)OC[C@]1(C)OOC1(C)C. The van der Waals surface area contributed by atoms with E-state index in [-0.39, 0.29) is 13.2 Å². The molecule has 1 N–H and O–H groups in total. The van der Waals surface area contributed by atoms with Crippen molar-refractivity contribution in [1.29, 1.82) is 0 Å². The summed E-state index contributed by atoms with van der Waals surface area (Å²) in [4.78, 5) is 34.3. The number of amides is 1. The molecule has 1 aliphatic heterocycles. The third-order valence-corrected chi connectivity index (χ3v) is 4.33. The summed E-state index contributed by atoms with van der Waals surface area (Å²) in [5, 5.41) is 2.57. The fourth-order valence-electron chi connectivity index (χ4n) is 2.22. The van der Waals surface area contributed by atoms with Gasteiger partial charge in [-0.3, -0.25) is 0 Å². The number of esters is 1. The van der Waals surface area contributed by atoms with Crippen LogP contribution in [0.25, 0.3) is 0 Å². The minimum Gasteiger partial charge on any atom is -0.464 e. The van der Waals surface area contributed by atoms with Crippen molar-refractivity contribution in [3.8, 4) is 0 Å². The molecule has 1 aromatic rings. The number of alkyl carbamates (subject to hydrolysis) is 1. The highest BCUT2D eigenvalue weighted by Crippen LogP contribution is 2.39. The van der Waals surface area contributed by atoms with Gasteiger partial charge in [0.05, 0.1) is 6.61 Å². The number of rotatable bonds is 7. The average molecular weight is 351 g/mol. The molecule has 1 aliphatic rings. The van der Waals surface area contributed by atoms with Gasteiger partial charge in [-0.2, -0.15) is 0 Å². The lowest BCUT2D eigenvalue weighted by Crippen LogP contribution is -2.64. The van der Waals surface area contributed by atoms with Crippen LogP contribution in [0, 0.1) is 0 Å². The smallest absolute Gasteiger partial charge is 0.407 e. The lowest BCUT2D eigenvalue weighted by Gasteiger charge is -2.50. The van der Waals surface area contributed by atoms with Gasteiger partial charge in [-0.25, -0.2) is 19.4 Å². The summed E-state index contributed by atoms with van der Waals surface area (Å²) in [5.74, 6) is -0.502. The van der Waals surface area contributed by atoms with Crippen molar-refractivity contribution in [3.63, 3.8) is 0 Å². The summed E-state index contributed by atoms with van der Waals surface area (Å²) in [6.07, 6.45) is -0.390. The van der Waals surface area contributed by atoms with Gasteiger partial charge in [-0.05, 0) is 33.3 Å². The number of hydrogen-bond donors (Lipinski definition) is 1. The van der Waals surface area contributed by atoms with Crippen LogP contribution in [0.5, 0.6) is 0 Å². The highest BCUT2D eigenvalue weighted by Gasteiger charge is 2.55. The number of nitrogens with one attached hydrogen (secondary N) is 1. The van der Waals surface area contributed by atoms with Crippen molar-refractivity contribution >= 4 is 12.1 Å². The predicted octanol–water partition coefficient (Wildman–Crippen LogP) is 2.39. The second kappa shape index (κ2) is 7.84. The molecule has 0 bridgehead atoms. The number of carbonyl (C=O) groups excluding carboxylic acids is 2. The Morgan fingerprint density at radius 3 is 2.32 bits per heavy atom. The van der Waals surface area contributed by atoms with Gasteiger partial charge < -0.3 is 14.8 Å². The maximum atomic E-state index is 12.1. The summed E-state index contributed by atoms with van der Waals surface area (Å²) in [6.45, 7) is 7.43. The van der Waals surface area contributed by atoms with E-state index in [0.29, 0.717) is 6.42 Å². The molecule has 1 fully saturated rings. The molecule has 0 spiro atoms. The second-order valence-electron chi connectivity index (χ2n) is 6.62. The van der Waals surface area contributed by atoms with Crippen LogP contribution in [0.15, 0.2) is 30.3 Å². The third-order valence-electron chi connectivity index (χ3n) is 4.33. The molecule has 0 aliphatic carbocycles. The van der Waals surface area contributed by atoms with Crippen LogP contribution in [-0.2, 0) is 30.5 Å². The van der Waals surface area contributed by atoms with Crippen LogP contribution >= 0.6 is 0 Å². The number of hydrogen-bond acceptors (Lipinski definition) is 6. The zero-order chi connectivity index (χ0) is 18.5. The molecule has 1 aromatic carbocycles. The first-order valence-corrected chi connectivity index (χ1v) is 8.28. The number of benzene rings is 1. The third kappa shape index (κ3) is 4.70. The predicted molar refractivity (Wildman–Crippen MR) is 89.7 cm³/mol. The Morgan fingerprint density at radius 2 is 1.80 bits per heavy atom. The highest BCUT2D eigenvalue weighted by molar-refractivity contribution is 5.81. The topological polar surface area (TPSA) is 83.1 Å². The zero-order valence-corrected chi connectivity index (χ0v) is 15.0. The van der Waals surface area contributed by atoms with E-state index in [4.69, 9.17) is 19.2 Å². The van der Waals surface area contributed by atoms with Crippen LogP contribution in [0.1, 0.15) is 33.3 Å². The van der Waals surface area contributed by atoms with Crippen LogP contribution < -0.4 is 5.32 Å². The fourth-order valence-corrected chi connectivity index (χ4v) is 2.22. The molecule has 2 rings (SSSR count). The van der Waals surface area contributed by atoms with E-state index in [0.717, 1.165) is 5.56 Å². The lowest BCUT2D eigenvalue weighted by molar-refractivity contribution is -0.543. The fraction of sp³-hybridized carbons (Fsp3) is 0.556. The standard InChI is InChI=1S/C18H25NO6/c1-5-22-15(20)14(11-13-9-7-6-8-10-13)19-16(21)23-12-18(4)17(2,3)24-25-18/h6-10,14H,5,11-12H2,1-4H3,(H,19,21)/t14-,18-/m0/s1. The van der Waals surface area contributed by atoms with Crippen LogP contribution in [0.4, 0.5) is 4.79 Å². The molecular formula is C18H25NO6. The Morgan fingerprint density at radius 1 is 1.12 bits per heavy atom. The van der Waals surface area contributed by atoms with Crippen LogP contribution in [0.3, 0.4) is 0 Å². The molecule has 1 heterocycles. The normalized spacial score (nSPS) is 22.4. The molecule has 25 heavy (non-hydrogen) atoms. The average Bonchev–Trinajstić information content (AvgIpc) is 2.59. The molecule has 0 radical (unpaired) electrons. The first kappa shape index (κ1) is 19.2. The molecule has 0 unspecified atom stereocenters. The highest BCUT2D eigenvalue weighted by atomic mass is 17.3. The maximum absolute atomic E-state index is 12.1. The van der Waals surface area contributed by atoms with Gasteiger partial charge in [0.15, 0.2) is 5.60 Å². The molecular weight excluding hydrogens is 326 g/mol. The van der Waals surface area contributed by atoms with E-state index < -0.39 is 29.3 Å². The maximum Gasteiger partial charge on any atom is 0.407 e. The Balaban J connectivity index is 1.93. The minimum atomic E-state index is -0.825. The van der Waals surface area contributed by atoms with Gasteiger partial charge in [0.1, 0.15) is 18.2 Å². The van der Waals surface area contributed by atoms with Gasteiger partial charge in [0.2, 0.25) is 0 Å². The second-order valence-corrected chi connectivity index (χ2v) is 6.62. The summed E-state index contributed by atoms with van der Waals surface area (Å²) in [7, 11) is 0. The lowest BCUT2D eigenvalue weighted by atomic mass is 9.86. The van der Waals surface area contributed by atoms with E-state index in [2.05, 4.69) is 5.32 Å². The van der Waals surface area contributed by atoms with Gasteiger partial charge >= 0.3 is 12.1 Å².